The van der Waals surface area contributed by atoms with Crippen LogP contribution in [0.1, 0.15) is 17.7 Å². The van der Waals surface area contributed by atoms with E-state index < -0.39 is 0 Å². The van der Waals surface area contributed by atoms with Gasteiger partial charge in [-0.15, -0.1) is 45.5 Å². The lowest BCUT2D eigenvalue weighted by Gasteiger charge is -2.21. The largest absolute Gasteiger partial charge is 0.356 e. The van der Waals surface area contributed by atoms with E-state index in [1.54, 1.807) is 12.7 Å². The predicted molar refractivity (Wildman–Crippen MR) is 107 cm³/mol. The molecule has 0 saturated heterocycles. The third-order valence-electron chi connectivity index (χ3n) is 3.44. The van der Waals surface area contributed by atoms with Gasteiger partial charge in [-0.1, -0.05) is 6.07 Å². The zero-order valence-electron chi connectivity index (χ0n) is 13.7. The second-order valence-corrected chi connectivity index (χ2v) is 6.16. The molecule has 0 bridgehead atoms. The molecule has 0 aliphatic carbocycles. The molecule has 2 heterocycles. The molecule has 2 rings (SSSR count). The third-order valence-corrected chi connectivity index (χ3v) is 4.38. The lowest BCUT2D eigenvalue weighted by molar-refractivity contribution is 0.482. The van der Waals surface area contributed by atoms with Crippen LogP contribution in [0.4, 0.5) is 0 Å². The summed E-state index contributed by atoms with van der Waals surface area (Å²) in [7, 11) is 3.92. The van der Waals surface area contributed by atoms with Crippen LogP contribution in [0.15, 0.2) is 35.2 Å². The van der Waals surface area contributed by atoms with Crippen molar-refractivity contribution in [2.24, 2.45) is 4.99 Å². The van der Waals surface area contributed by atoms with Crippen LogP contribution in [0, 0.1) is 0 Å². The number of nitrogens with zero attached hydrogens (tertiary/aromatic N) is 5. The molecule has 2 aromatic rings. The summed E-state index contributed by atoms with van der Waals surface area (Å²) in [5.41, 5.74) is 0. The van der Waals surface area contributed by atoms with Crippen molar-refractivity contribution in [3.63, 3.8) is 0 Å². The Hall–Kier alpha value is -1.16. The highest BCUT2D eigenvalue weighted by molar-refractivity contribution is 14.0. The monoisotopic (exact) mass is 448 g/mol. The molecule has 2 aromatic heterocycles. The van der Waals surface area contributed by atoms with Crippen molar-refractivity contribution in [1.29, 1.82) is 0 Å². The van der Waals surface area contributed by atoms with E-state index in [0.717, 1.165) is 44.9 Å². The van der Waals surface area contributed by atoms with Crippen LogP contribution in [-0.2, 0) is 13.0 Å². The van der Waals surface area contributed by atoms with Crippen LogP contribution in [0.2, 0.25) is 0 Å². The van der Waals surface area contributed by atoms with Crippen molar-refractivity contribution < 1.29 is 0 Å². The van der Waals surface area contributed by atoms with Gasteiger partial charge in [0.1, 0.15) is 12.7 Å². The number of hydrogen-bond donors (Lipinski definition) is 1. The first-order chi connectivity index (χ1) is 10.8. The highest BCUT2D eigenvalue weighted by Crippen LogP contribution is 2.09. The van der Waals surface area contributed by atoms with Gasteiger partial charge in [-0.05, 0) is 30.7 Å². The Kier molecular flexibility index (Phi) is 9.85. The van der Waals surface area contributed by atoms with Crippen LogP contribution >= 0.6 is 35.3 Å². The number of halogens is 1. The van der Waals surface area contributed by atoms with Gasteiger partial charge in [0.15, 0.2) is 5.96 Å². The van der Waals surface area contributed by atoms with Crippen LogP contribution < -0.4 is 5.32 Å². The van der Waals surface area contributed by atoms with E-state index in [2.05, 4.69) is 50.0 Å². The van der Waals surface area contributed by atoms with Crippen molar-refractivity contribution in [1.82, 2.24) is 25.0 Å². The van der Waals surface area contributed by atoms with Gasteiger partial charge in [0.25, 0.3) is 0 Å². The molecule has 0 aliphatic rings. The van der Waals surface area contributed by atoms with Crippen LogP contribution in [-0.4, -0.2) is 52.8 Å². The van der Waals surface area contributed by atoms with Gasteiger partial charge in [-0.25, -0.2) is 0 Å². The van der Waals surface area contributed by atoms with Crippen molar-refractivity contribution in [2.75, 3.05) is 27.2 Å². The first kappa shape index (κ1) is 19.9. The molecule has 0 fully saturated rings. The minimum atomic E-state index is 0. The molecule has 128 valence electrons. The number of hydrogen-bond acceptors (Lipinski definition) is 4. The Morgan fingerprint density at radius 1 is 1.35 bits per heavy atom. The van der Waals surface area contributed by atoms with Gasteiger partial charge < -0.3 is 14.8 Å². The van der Waals surface area contributed by atoms with Crippen molar-refractivity contribution in [2.45, 2.75) is 25.8 Å². The average molecular weight is 448 g/mol. The maximum Gasteiger partial charge on any atom is 0.193 e. The lowest BCUT2D eigenvalue weighted by atomic mass is 10.3. The van der Waals surface area contributed by atoms with Crippen molar-refractivity contribution >= 4 is 41.3 Å². The molecule has 23 heavy (non-hydrogen) atoms. The van der Waals surface area contributed by atoms with Crippen molar-refractivity contribution in [3.8, 4) is 0 Å². The fraction of sp³-hybridized carbons (Fsp3) is 0.533. The number of aliphatic imine (C=N–C) groups is 1. The summed E-state index contributed by atoms with van der Waals surface area (Å²) in [6.45, 7) is 2.86. The molecule has 0 radical (unpaired) electrons. The highest BCUT2D eigenvalue weighted by atomic mass is 127. The van der Waals surface area contributed by atoms with Crippen LogP contribution in [0.5, 0.6) is 0 Å². The molecule has 0 aromatic carbocycles. The molecule has 0 unspecified atom stereocenters. The Morgan fingerprint density at radius 3 is 2.78 bits per heavy atom. The Balaban J connectivity index is 0.00000264. The number of nitrogens with one attached hydrogen (secondary N) is 1. The second kappa shape index (κ2) is 11.4. The first-order valence-electron chi connectivity index (χ1n) is 7.56. The summed E-state index contributed by atoms with van der Waals surface area (Å²) in [6, 6.07) is 4.28. The number of guanidine groups is 1. The maximum absolute atomic E-state index is 4.35. The van der Waals surface area contributed by atoms with Gasteiger partial charge in [-0.2, -0.15) is 0 Å². The molecule has 0 aliphatic heterocycles. The number of thiophene rings is 1. The zero-order valence-corrected chi connectivity index (χ0v) is 16.8. The summed E-state index contributed by atoms with van der Waals surface area (Å²) in [6.07, 6.45) is 6.76. The summed E-state index contributed by atoms with van der Waals surface area (Å²) < 4.78 is 2.00. The molecule has 0 saturated carbocycles. The van der Waals surface area contributed by atoms with Gasteiger partial charge in [0.2, 0.25) is 0 Å². The Labute approximate surface area is 159 Å². The van der Waals surface area contributed by atoms with E-state index in [1.807, 2.05) is 23.0 Å². The van der Waals surface area contributed by atoms with Gasteiger partial charge in [0, 0.05) is 38.6 Å². The molecule has 0 atom stereocenters. The summed E-state index contributed by atoms with van der Waals surface area (Å²) >= 11 is 1.81. The maximum atomic E-state index is 4.35. The minimum absolute atomic E-state index is 0. The molecular weight excluding hydrogens is 423 g/mol. The fourth-order valence-corrected chi connectivity index (χ4v) is 2.88. The van der Waals surface area contributed by atoms with Gasteiger partial charge >= 0.3 is 0 Å². The van der Waals surface area contributed by atoms with Crippen molar-refractivity contribution in [3.05, 3.63) is 35.0 Å². The normalized spacial score (nSPS) is 11.1. The Morgan fingerprint density at radius 2 is 2.13 bits per heavy atom. The molecule has 6 nitrogen and oxygen atoms in total. The zero-order chi connectivity index (χ0) is 15.6. The summed E-state index contributed by atoms with van der Waals surface area (Å²) in [5, 5.41) is 13.1. The quantitative estimate of drug-likeness (QED) is 0.292. The lowest BCUT2D eigenvalue weighted by Crippen LogP contribution is -2.40. The Bertz CT molecular complexity index is 540. The number of aromatic nitrogens is 3. The second-order valence-electron chi connectivity index (χ2n) is 5.13. The highest BCUT2D eigenvalue weighted by Gasteiger charge is 2.05. The number of rotatable bonds is 8. The smallest absolute Gasteiger partial charge is 0.193 e. The van der Waals surface area contributed by atoms with E-state index in [-0.39, 0.29) is 24.0 Å². The summed E-state index contributed by atoms with van der Waals surface area (Å²) in [5.74, 6) is 0.959. The molecule has 1 N–H and O–H groups in total. The summed E-state index contributed by atoms with van der Waals surface area (Å²) in [4.78, 5) is 7.94. The number of likely N-dealkylation sites (N-methyl/N-ethyl adjacent to an activating group) is 1. The fourth-order valence-electron chi connectivity index (χ4n) is 2.18. The average Bonchev–Trinajstić information content (AvgIpc) is 3.21. The molecule has 8 heteroatoms. The van der Waals surface area contributed by atoms with E-state index in [1.165, 1.54) is 4.88 Å². The molecule has 0 spiro atoms. The standard InChI is InChI=1S/C15H24N6S.HI/c1-16-15(20(2)10-7-14-6-5-11-22-14)17-8-3-4-9-21-12-18-19-13-21;/h5-6,11-13H,3-4,7-10H2,1-2H3,(H,16,17);1H. The van der Waals surface area contributed by atoms with E-state index in [0.29, 0.717) is 0 Å². The van der Waals surface area contributed by atoms with Gasteiger partial charge in [0.05, 0.1) is 0 Å². The van der Waals surface area contributed by atoms with Crippen LogP contribution in [0.25, 0.3) is 0 Å². The predicted octanol–water partition coefficient (Wildman–Crippen LogP) is 2.49. The van der Waals surface area contributed by atoms with Gasteiger partial charge in [-0.3, -0.25) is 4.99 Å². The first-order valence-corrected chi connectivity index (χ1v) is 8.44. The van der Waals surface area contributed by atoms with E-state index in [9.17, 15) is 0 Å². The third kappa shape index (κ3) is 7.30. The SMILES string of the molecule is CN=C(NCCCCn1cnnc1)N(C)CCc1cccs1.I. The number of unbranched alkanes of at least 4 members (excludes halogenated alkanes) is 1. The molecular formula is C15H25IN6S. The van der Waals surface area contributed by atoms with E-state index >= 15 is 0 Å². The number of aryl methyl sites for hydroxylation is 1. The van der Waals surface area contributed by atoms with Crippen LogP contribution in [0.3, 0.4) is 0 Å². The minimum Gasteiger partial charge on any atom is -0.356 e. The topological polar surface area (TPSA) is 58.3 Å². The van der Waals surface area contributed by atoms with E-state index in [4.69, 9.17) is 0 Å². The molecule has 0 amide bonds.